The highest BCUT2D eigenvalue weighted by atomic mass is 32.1. The summed E-state index contributed by atoms with van der Waals surface area (Å²) in [6.07, 6.45) is 5.17. The molecule has 5 heteroatoms. The Morgan fingerprint density at radius 2 is 1.87 bits per heavy atom. The van der Waals surface area contributed by atoms with Crippen molar-refractivity contribution in [3.63, 3.8) is 0 Å². The van der Waals surface area contributed by atoms with Crippen molar-refractivity contribution in [1.29, 1.82) is 0 Å². The molecule has 0 heterocycles. The van der Waals surface area contributed by atoms with Gasteiger partial charge < -0.3 is 14.4 Å². The Morgan fingerprint density at radius 1 is 1.22 bits per heavy atom. The smallest absolute Gasteiger partial charge is 0.338 e. The summed E-state index contributed by atoms with van der Waals surface area (Å²) in [4.78, 5) is 13.9. The van der Waals surface area contributed by atoms with E-state index in [0.29, 0.717) is 16.5 Å². The first-order valence-corrected chi connectivity index (χ1v) is 7.76. The molecule has 0 radical (unpaired) electrons. The van der Waals surface area contributed by atoms with Gasteiger partial charge in [-0.15, -0.1) is 0 Å². The van der Waals surface area contributed by atoms with Crippen LogP contribution in [0.1, 0.15) is 24.2 Å². The highest BCUT2D eigenvalue weighted by molar-refractivity contribution is 7.80. The molecule has 0 aromatic heterocycles. The van der Waals surface area contributed by atoms with Crippen molar-refractivity contribution in [3.8, 4) is 0 Å². The molecule has 2 rings (SSSR count). The monoisotopic (exact) mass is 331 g/mol. The van der Waals surface area contributed by atoms with Gasteiger partial charge in [0.25, 0.3) is 5.17 Å². The molecule has 0 fully saturated rings. The maximum atomic E-state index is 12.2. The van der Waals surface area contributed by atoms with Crippen LogP contribution in [0.3, 0.4) is 0 Å². The molecule has 1 atom stereocenters. The summed E-state index contributed by atoms with van der Waals surface area (Å²) in [7, 11) is 3.65. The predicted molar refractivity (Wildman–Crippen MR) is 94.0 cm³/mol. The highest BCUT2D eigenvalue weighted by Gasteiger charge is 2.33. The number of nitrogens with zero attached hydrogens (tertiary/aromatic N) is 1. The Kier molecular flexibility index (Phi) is 5.21. The van der Waals surface area contributed by atoms with Gasteiger partial charge in [0.05, 0.1) is 5.56 Å². The quantitative estimate of drug-likeness (QED) is 0.625. The molecule has 23 heavy (non-hydrogen) atoms. The van der Waals surface area contributed by atoms with Crippen LogP contribution < -0.4 is 0 Å². The first-order chi connectivity index (χ1) is 10.8. The van der Waals surface area contributed by atoms with Gasteiger partial charge in [-0.25, -0.2) is 4.79 Å². The number of esters is 1. The van der Waals surface area contributed by atoms with E-state index in [1.807, 2.05) is 58.3 Å². The number of carbonyl (C=O) groups excluding carboxylic acids is 1. The van der Waals surface area contributed by atoms with Crippen LogP contribution in [0.4, 0.5) is 0 Å². The lowest BCUT2D eigenvalue weighted by Gasteiger charge is -2.32. The van der Waals surface area contributed by atoms with Crippen LogP contribution in [0, 0.1) is 5.41 Å². The zero-order chi connectivity index (χ0) is 17.0. The fourth-order valence-corrected chi connectivity index (χ4v) is 2.23. The second-order valence-electron chi connectivity index (χ2n) is 6.18. The average Bonchev–Trinajstić information content (AvgIpc) is 2.50. The van der Waals surface area contributed by atoms with Gasteiger partial charge in [-0.05, 0) is 42.6 Å². The van der Waals surface area contributed by atoms with Gasteiger partial charge in [-0.2, -0.15) is 0 Å². The summed E-state index contributed by atoms with van der Waals surface area (Å²) < 4.78 is 11.2. The molecule has 4 nitrogen and oxygen atoms in total. The lowest BCUT2D eigenvalue weighted by molar-refractivity contribution is 0.0191. The lowest BCUT2D eigenvalue weighted by Crippen LogP contribution is -2.33. The number of hydrogen-bond acceptors (Lipinski definition) is 4. The van der Waals surface area contributed by atoms with Crippen LogP contribution in [0.2, 0.25) is 0 Å². The minimum Gasteiger partial charge on any atom is -0.454 e. The van der Waals surface area contributed by atoms with Gasteiger partial charge in [0, 0.05) is 19.5 Å². The van der Waals surface area contributed by atoms with Gasteiger partial charge >= 0.3 is 5.97 Å². The Bertz CT molecular complexity index is 647. The maximum absolute atomic E-state index is 12.2. The van der Waals surface area contributed by atoms with Crippen LogP contribution in [0.5, 0.6) is 0 Å². The molecule has 0 spiro atoms. The SMILES string of the molecule is CN(C)C(=S)OC1=CC(C)(C)C(OC(=O)c2ccccc2)C=C1. The van der Waals surface area contributed by atoms with Gasteiger partial charge in [0.1, 0.15) is 11.9 Å². The van der Waals surface area contributed by atoms with Gasteiger partial charge in [0.2, 0.25) is 0 Å². The summed E-state index contributed by atoms with van der Waals surface area (Å²) in [5.74, 6) is 0.315. The molecular weight excluding hydrogens is 310 g/mol. The fourth-order valence-electron chi connectivity index (χ4n) is 2.13. The molecule has 0 saturated heterocycles. The average molecular weight is 331 g/mol. The van der Waals surface area contributed by atoms with Crippen LogP contribution in [0.25, 0.3) is 0 Å². The first-order valence-electron chi connectivity index (χ1n) is 7.36. The van der Waals surface area contributed by atoms with E-state index >= 15 is 0 Å². The van der Waals surface area contributed by atoms with E-state index in [2.05, 4.69) is 0 Å². The maximum Gasteiger partial charge on any atom is 0.338 e. The van der Waals surface area contributed by atoms with Gasteiger partial charge in [0.15, 0.2) is 0 Å². The molecule has 0 bridgehead atoms. The zero-order valence-electron chi connectivity index (χ0n) is 13.8. The molecule has 1 aliphatic carbocycles. The summed E-state index contributed by atoms with van der Waals surface area (Å²) in [5, 5.41) is 0.386. The van der Waals surface area contributed by atoms with E-state index in [0.717, 1.165) is 0 Å². The number of benzene rings is 1. The van der Waals surface area contributed by atoms with Crippen LogP contribution in [0.15, 0.2) is 54.3 Å². The van der Waals surface area contributed by atoms with Crippen LogP contribution in [-0.2, 0) is 9.47 Å². The molecule has 1 aromatic rings. The summed E-state index contributed by atoms with van der Waals surface area (Å²) in [6, 6.07) is 8.96. The summed E-state index contributed by atoms with van der Waals surface area (Å²) >= 11 is 5.14. The van der Waals surface area contributed by atoms with Crippen molar-refractivity contribution in [3.05, 3.63) is 59.9 Å². The highest BCUT2D eigenvalue weighted by Crippen LogP contribution is 2.32. The predicted octanol–water partition coefficient (Wildman–Crippen LogP) is 3.56. The Morgan fingerprint density at radius 3 is 2.43 bits per heavy atom. The topological polar surface area (TPSA) is 38.8 Å². The second-order valence-corrected chi connectivity index (χ2v) is 6.53. The molecule has 1 unspecified atom stereocenters. The molecule has 1 aromatic carbocycles. The molecular formula is C18H21NO3S. The number of ether oxygens (including phenoxy) is 2. The molecule has 1 aliphatic rings. The minimum atomic E-state index is -0.392. The first kappa shape index (κ1) is 17.2. The normalized spacial score (nSPS) is 18.8. The Labute approximate surface area is 142 Å². The fraction of sp³-hybridized carbons (Fsp3) is 0.333. The van der Waals surface area contributed by atoms with Crippen molar-refractivity contribution in [1.82, 2.24) is 4.90 Å². The zero-order valence-corrected chi connectivity index (χ0v) is 14.6. The number of rotatable bonds is 3. The lowest BCUT2D eigenvalue weighted by atomic mass is 9.82. The van der Waals surface area contributed by atoms with E-state index in [4.69, 9.17) is 21.7 Å². The van der Waals surface area contributed by atoms with Gasteiger partial charge in [-0.3, -0.25) is 0 Å². The third-order valence-corrected chi connectivity index (χ3v) is 3.95. The van der Waals surface area contributed by atoms with Crippen molar-refractivity contribution < 1.29 is 14.3 Å². The number of thiocarbonyl (C=S) groups is 1. The molecule has 0 aliphatic heterocycles. The molecule has 0 saturated carbocycles. The minimum absolute atomic E-state index is 0.338. The Hall–Kier alpha value is -2.14. The second kappa shape index (κ2) is 6.96. The molecule has 0 amide bonds. The van der Waals surface area contributed by atoms with Crippen LogP contribution >= 0.6 is 12.2 Å². The van der Waals surface area contributed by atoms with E-state index in [9.17, 15) is 4.79 Å². The van der Waals surface area contributed by atoms with E-state index in [1.54, 1.807) is 23.1 Å². The number of hydrogen-bond donors (Lipinski definition) is 0. The summed E-state index contributed by atoms with van der Waals surface area (Å²) in [6.45, 7) is 3.98. The third-order valence-electron chi connectivity index (χ3n) is 3.50. The molecule has 122 valence electrons. The largest absolute Gasteiger partial charge is 0.454 e. The number of allylic oxidation sites excluding steroid dienone is 1. The van der Waals surface area contributed by atoms with Crippen molar-refractivity contribution in [2.45, 2.75) is 20.0 Å². The van der Waals surface area contributed by atoms with Crippen molar-refractivity contribution in [2.24, 2.45) is 5.41 Å². The number of carbonyl (C=O) groups is 1. The van der Waals surface area contributed by atoms with Crippen molar-refractivity contribution in [2.75, 3.05) is 14.1 Å². The molecule has 0 N–H and O–H groups in total. The van der Waals surface area contributed by atoms with E-state index < -0.39 is 5.41 Å². The van der Waals surface area contributed by atoms with E-state index in [1.165, 1.54) is 0 Å². The summed E-state index contributed by atoms with van der Waals surface area (Å²) in [5.41, 5.74) is 0.146. The Balaban J connectivity index is 2.07. The van der Waals surface area contributed by atoms with Crippen molar-refractivity contribution >= 4 is 23.4 Å². The van der Waals surface area contributed by atoms with E-state index in [-0.39, 0.29) is 12.1 Å². The van der Waals surface area contributed by atoms with Gasteiger partial charge in [-0.1, -0.05) is 32.0 Å². The van der Waals surface area contributed by atoms with Crippen LogP contribution in [-0.4, -0.2) is 36.2 Å². The standard InChI is InChI=1S/C18H21NO3S/c1-18(2)12-14(21-17(23)19(3)4)10-11-15(18)22-16(20)13-8-6-5-7-9-13/h5-12,15H,1-4H3. The third kappa shape index (κ3) is 4.42.